The quantitative estimate of drug-likeness (QED) is 0.900. The van der Waals surface area contributed by atoms with Crippen LogP contribution in [0.25, 0.3) is 11.1 Å². The Morgan fingerprint density at radius 3 is 2.77 bits per heavy atom. The van der Waals surface area contributed by atoms with E-state index >= 15 is 0 Å². The van der Waals surface area contributed by atoms with E-state index in [1.165, 1.54) is 17.8 Å². The van der Waals surface area contributed by atoms with Crippen molar-refractivity contribution in [1.29, 1.82) is 0 Å². The molecule has 3 nitrogen and oxygen atoms in total. The van der Waals surface area contributed by atoms with Crippen LogP contribution in [0.2, 0.25) is 4.34 Å². The molecule has 22 heavy (non-hydrogen) atoms. The van der Waals surface area contributed by atoms with Gasteiger partial charge in [0.25, 0.3) is 5.91 Å². The third-order valence-electron chi connectivity index (χ3n) is 4.61. The van der Waals surface area contributed by atoms with E-state index in [2.05, 4.69) is 10.6 Å². The number of carbonyl (C=O) groups is 1. The van der Waals surface area contributed by atoms with E-state index in [-0.39, 0.29) is 11.9 Å². The first kappa shape index (κ1) is 14.2. The highest BCUT2D eigenvalue weighted by Crippen LogP contribution is 2.36. The molecule has 2 aliphatic rings. The summed E-state index contributed by atoms with van der Waals surface area (Å²) in [6, 6.07) is 13.1. The molecule has 5 heteroatoms. The summed E-state index contributed by atoms with van der Waals surface area (Å²) in [5, 5.41) is 6.71. The molecule has 0 spiro atoms. The molecule has 4 rings (SSSR count). The maximum atomic E-state index is 12.5. The zero-order valence-corrected chi connectivity index (χ0v) is 13.6. The zero-order valence-electron chi connectivity index (χ0n) is 12.0. The second kappa shape index (κ2) is 5.69. The van der Waals surface area contributed by atoms with Gasteiger partial charge in [-0.15, -0.1) is 11.3 Å². The third kappa shape index (κ3) is 2.56. The Morgan fingerprint density at radius 1 is 1.27 bits per heavy atom. The van der Waals surface area contributed by atoms with Crippen LogP contribution in [0.4, 0.5) is 0 Å². The summed E-state index contributed by atoms with van der Waals surface area (Å²) in [6.45, 7) is 0. The third-order valence-corrected chi connectivity index (χ3v) is 5.97. The van der Waals surface area contributed by atoms with Gasteiger partial charge in [0.15, 0.2) is 0 Å². The Balaban J connectivity index is 1.52. The number of amides is 1. The standard InChI is InChI=1S/C17H17ClN2OS/c18-16-12(10-4-2-1-3-5-10)9-15(22-16)17(21)20-14-8-11-6-7-13(14)19-11/h1-5,9,11,13-14,19H,6-8H2,(H,20,21)/t11-,13+,14-/m1/s1. The molecule has 2 bridgehead atoms. The lowest BCUT2D eigenvalue weighted by molar-refractivity contribution is 0.0935. The summed E-state index contributed by atoms with van der Waals surface area (Å²) in [7, 11) is 0. The van der Waals surface area contributed by atoms with Crippen LogP contribution in [0, 0.1) is 0 Å². The van der Waals surface area contributed by atoms with Gasteiger partial charge < -0.3 is 10.6 Å². The fourth-order valence-corrected chi connectivity index (χ4v) is 4.74. The van der Waals surface area contributed by atoms with Crippen LogP contribution in [0.15, 0.2) is 36.4 Å². The zero-order chi connectivity index (χ0) is 15.1. The van der Waals surface area contributed by atoms with Gasteiger partial charge in [-0.25, -0.2) is 0 Å². The second-order valence-electron chi connectivity index (χ2n) is 6.03. The number of benzene rings is 1. The SMILES string of the molecule is O=C(N[C@@H]1C[C@H]2CC[C@@H]1N2)c1cc(-c2ccccc2)c(Cl)s1. The van der Waals surface area contributed by atoms with Gasteiger partial charge in [0.1, 0.15) is 4.34 Å². The Morgan fingerprint density at radius 2 is 2.09 bits per heavy atom. The topological polar surface area (TPSA) is 41.1 Å². The molecule has 2 aromatic rings. The Kier molecular flexibility index (Phi) is 3.68. The number of thiophene rings is 1. The molecule has 0 radical (unpaired) electrons. The smallest absolute Gasteiger partial charge is 0.261 e. The Bertz CT molecular complexity index is 700. The molecular formula is C17H17ClN2OS. The highest BCUT2D eigenvalue weighted by atomic mass is 35.5. The summed E-state index contributed by atoms with van der Waals surface area (Å²) in [6.07, 6.45) is 3.44. The van der Waals surface area contributed by atoms with Gasteiger partial charge >= 0.3 is 0 Å². The average molecular weight is 333 g/mol. The van der Waals surface area contributed by atoms with Crippen molar-refractivity contribution in [2.45, 2.75) is 37.4 Å². The molecule has 1 aromatic carbocycles. The van der Waals surface area contributed by atoms with Gasteiger partial charge in [-0.05, 0) is 30.9 Å². The van der Waals surface area contributed by atoms with Crippen LogP contribution in [0.1, 0.15) is 28.9 Å². The number of nitrogens with one attached hydrogen (secondary N) is 2. The second-order valence-corrected chi connectivity index (χ2v) is 7.68. The van der Waals surface area contributed by atoms with Crippen LogP contribution < -0.4 is 10.6 Å². The van der Waals surface area contributed by atoms with Crippen molar-refractivity contribution >= 4 is 28.8 Å². The lowest BCUT2D eigenvalue weighted by Crippen LogP contribution is -2.42. The highest BCUT2D eigenvalue weighted by molar-refractivity contribution is 7.18. The van der Waals surface area contributed by atoms with Gasteiger partial charge in [-0.1, -0.05) is 41.9 Å². The number of hydrogen-bond acceptors (Lipinski definition) is 3. The van der Waals surface area contributed by atoms with Gasteiger partial charge in [0.2, 0.25) is 0 Å². The summed E-state index contributed by atoms with van der Waals surface area (Å²) >= 11 is 7.68. The molecule has 3 atom stereocenters. The molecule has 1 aromatic heterocycles. The molecule has 0 unspecified atom stereocenters. The van der Waals surface area contributed by atoms with E-state index in [9.17, 15) is 4.79 Å². The van der Waals surface area contributed by atoms with Crippen molar-refractivity contribution in [3.8, 4) is 11.1 Å². The maximum absolute atomic E-state index is 12.5. The van der Waals surface area contributed by atoms with E-state index in [0.717, 1.165) is 24.0 Å². The monoisotopic (exact) mass is 332 g/mol. The predicted octanol–water partition coefficient (Wildman–Crippen LogP) is 3.69. The minimum absolute atomic E-state index is 0.00608. The minimum Gasteiger partial charge on any atom is -0.347 e. The highest BCUT2D eigenvalue weighted by Gasteiger charge is 2.39. The molecule has 2 saturated heterocycles. The molecule has 2 fully saturated rings. The van der Waals surface area contributed by atoms with Gasteiger partial charge in [0, 0.05) is 23.7 Å². The van der Waals surface area contributed by atoms with Crippen LogP contribution in [0.5, 0.6) is 0 Å². The van der Waals surface area contributed by atoms with Crippen molar-refractivity contribution in [2.24, 2.45) is 0 Å². The van der Waals surface area contributed by atoms with Gasteiger partial charge in [-0.2, -0.15) is 0 Å². The molecule has 114 valence electrons. The lowest BCUT2D eigenvalue weighted by atomic mass is 9.95. The average Bonchev–Trinajstić information content (AvgIpc) is 3.23. The van der Waals surface area contributed by atoms with Gasteiger partial charge in [0.05, 0.1) is 4.88 Å². The van der Waals surface area contributed by atoms with E-state index in [4.69, 9.17) is 11.6 Å². The van der Waals surface area contributed by atoms with Crippen molar-refractivity contribution in [1.82, 2.24) is 10.6 Å². The summed E-state index contributed by atoms with van der Waals surface area (Å²) in [4.78, 5) is 13.2. The van der Waals surface area contributed by atoms with E-state index in [1.54, 1.807) is 0 Å². The van der Waals surface area contributed by atoms with Crippen molar-refractivity contribution < 1.29 is 4.79 Å². The van der Waals surface area contributed by atoms with E-state index in [1.807, 2.05) is 36.4 Å². The van der Waals surface area contributed by atoms with Crippen molar-refractivity contribution in [3.05, 3.63) is 45.6 Å². The lowest BCUT2D eigenvalue weighted by Gasteiger charge is -2.20. The van der Waals surface area contributed by atoms with Crippen LogP contribution in [-0.4, -0.2) is 24.0 Å². The Hall–Kier alpha value is -1.36. The first-order chi connectivity index (χ1) is 10.7. The summed E-state index contributed by atoms with van der Waals surface area (Å²) < 4.78 is 0.669. The molecule has 3 heterocycles. The molecule has 2 aliphatic heterocycles. The number of fused-ring (bicyclic) bond motifs is 2. The Labute approximate surface area is 138 Å². The fourth-order valence-electron chi connectivity index (χ4n) is 3.52. The number of rotatable bonds is 3. The van der Waals surface area contributed by atoms with Crippen LogP contribution >= 0.6 is 22.9 Å². The molecule has 0 aliphatic carbocycles. The van der Waals surface area contributed by atoms with E-state index in [0.29, 0.717) is 21.3 Å². The molecule has 2 N–H and O–H groups in total. The minimum atomic E-state index is -0.00608. The van der Waals surface area contributed by atoms with Gasteiger partial charge in [-0.3, -0.25) is 4.79 Å². The summed E-state index contributed by atoms with van der Waals surface area (Å²) in [5.74, 6) is -0.00608. The van der Waals surface area contributed by atoms with Crippen LogP contribution in [-0.2, 0) is 0 Å². The molecule has 1 amide bonds. The first-order valence-electron chi connectivity index (χ1n) is 7.62. The number of hydrogen-bond donors (Lipinski definition) is 2. The maximum Gasteiger partial charge on any atom is 0.261 e. The summed E-state index contributed by atoms with van der Waals surface area (Å²) in [5.41, 5.74) is 1.98. The predicted molar refractivity (Wildman–Crippen MR) is 90.6 cm³/mol. The number of carbonyl (C=O) groups excluding carboxylic acids is 1. The van der Waals surface area contributed by atoms with Crippen LogP contribution in [0.3, 0.4) is 0 Å². The molecular weight excluding hydrogens is 316 g/mol. The van der Waals surface area contributed by atoms with Crippen molar-refractivity contribution in [3.63, 3.8) is 0 Å². The first-order valence-corrected chi connectivity index (χ1v) is 8.82. The number of halogens is 1. The largest absolute Gasteiger partial charge is 0.347 e. The normalized spacial score (nSPS) is 26.3. The van der Waals surface area contributed by atoms with E-state index < -0.39 is 0 Å². The fraction of sp³-hybridized carbons (Fsp3) is 0.353. The van der Waals surface area contributed by atoms with Crippen molar-refractivity contribution in [2.75, 3.05) is 0 Å². The molecule has 0 saturated carbocycles.